The van der Waals surface area contributed by atoms with E-state index in [1.807, 2.05) is 42.5 Å². The number of thiophene rings is 1. The third-order valence-electron chi connectivity index (χ3n) is 11.1. The molecule has 5 heteroatoms. The Kier molecular flexibility index (Phi) is 9.28. The standard InChI is InChI=1S/C53H40N4S/c1-34(36-12-5-3-6-13-36)55-53(41-23-19-38(20-24-41)37-14-7-4-8-15-37)56-35(2)43-30-44(42-25-27-47-46-17-9-10-18-49(46)58-50(47)33-42)32-45(31-43)48-28-26-40-22-21-39-16-11-29-54-51(39)52(40)57-48/h3-8,10-16,18-28,30-33,54H,2,9,17,29H2,1H3/b55-34+,56-53-. The van der Waals surface area contributed by atoms with E-state index in [1.165, 1.54) is 20.5 Å². The Morgan fingerprint density at radius 2 is 1.41 bits per heavy atom. The third kappa shape index (κ3) is 6.91. The molecule has 1 aliphatic heterocycles. The number of benzene rings is 6. The fourth-order valence-electron chi connectivity index (χ4n) is 8.00. The Hall–Kier alpha value is -6.95. The second-order valence-electron chi connectivity index (χ2n) is 14.9. The van der Waals surface area contributed by atoms with E-state index < -0.39 is 0 Å². The predicted molar refractivity (Wildman–Crippen MR) is 249 cm³/mol. The smallest absolute Gasteiger partial charge is 0.160 e. The van der Waals surface area contributed by atoms with Gasteiger partial charge in [-0.05, 0) is 101 Å². The van der Waals surface area contributed by atoms with Crippen LogP contribution in [0.2, 0.25) is 0 Å². The van der Waals surface area contributed by atoms with Gasteiger partial charge in [0.1, 0.15) is 0 Å². The van der Waals surface area contributed by atoms with Crippen LogP contribution >= 0.6 is 11.3 Å². The van der Waals surface area contributed by atoms with Gasteiger partial charge in [0.15, 0.2) is 5.84 Å². The Morgan fingerprint density at radius 1 is 0.655 bits per heavy atom. The summed E-state index contributed by atoms with van der Waals surface area (Å²) in [5.41, 5.74) is 15.5. The van der Waals surface area contributed by atoms with E-state index in [9.17, 15) is 0 Å². The fourth-order valence-corrected chi connectivity index (χ4v) is 9.22. The number of anilines is 1. The monoisotopic (exact) mass is 764 g/mol. The fraction of sp³-hybridized carbons (Fsp3) is 0.0755. The van der Waals surface area contributed by atoms with Crippen LogP contribution in [0.1, 0.15) is 46.0 Å². The van der Waals surface area contributed by atoms with Crippen molar-refractivity contribution in [3.05, 3.63) is 197 Å². The zero-order valence-electron chi connectivity index (χ0n) is 32.2. The summed E-state index contributed by atoms with van der Waals surface area (Å²) in [7, 11) is 0. The van der Waals surface area contributed by atoms with Crippen LogP contribution in [0.4, 0.5) is 5.69 Å². The lowest BCUT2D eigenvalue weighted by molar-refractivity contribution is 1.01. The molecule has 0 bridgehead atoms. The maximum atomic E-state index is 5.31. The Bertz CT molecular complexity index is 3000. The van der Waals surface area contributed by atoms with Crippen molar-refractivity contribution in [2.45, 2.75) is 19.8 Å². The molecule has 0 radical (unpaired) electrons. The van der Waals surface area contributed by atoms with Gasteiger partial charge >= 0.3 is 0 Å². The van der Waals surface area contributed by atoms with E-state index in [4.69, 9.17) is 15.0 Å². The number of aryl methyl sites for hydroxylation is 1. The van der Waals surface area contributed by atoms with Crippen LogP contribution in [0, 0.1) is 0 Å². The molecule has 0 amide bonds. The molecule has 0 spiro atoms. The first kappa shape index (κ1) is 35.5. The summed E-state index contributed by atoms with van der Waals surface area (Å²) < 4.78 is 1.30. The number of rotatable bonds is 7. The molecule has 1 N–H and O–H groups in total. The highest BCUT2D eigenvalue weighted by molar-refractivity contribution is 7.20. The summed E-state index contributed by atoms with van der Waals surface area (Å²) in [5, 5.41) is 6.03. The Labute approximate surface area is 343 Å². The topological polar surface area (TPSA) is 49.6 Å². The lowest BCUT2D eigenvalue weighted by atomic mass is 9.95. The molecular weight excluding hydrogens is 725 g/mol. The van der Waals surface area contributed by atoms with E-state index in [0.29, 0.717) is 11.5 Å². The summed E-state index contributed by atoms with van der Waals surface area (Å²) in [6.07, 6.45) is 11.1. The second-order valence-corrected chi connectivity index (χ2v) is 15.9. The molecule has 6 aromatic carbocycles. The number of aliphatic imine (C=N–C) groups is 2. The minimum Gasteiger partial charge on any atom is -0.379 e. The van der Waals surface area contributed by atoms with Crippen LogP contribution in [0.15, 0.2) is 174 Å². The van der Waals surface area contributed by atoms with Gasteiger partial charge in [0.05, 0.1) is 22.6 Å². The molecule has 0 saturated heterocycles. The van der Waals surface area contributed by atoms with Crippen molar-refractivity contribution in [3.63, 3.8) is 0 Å². The quantitative estimate of drug-likeness (QED) is 0.130. The second kappa shape index (κ2) is 15.2. The first-order valence-electron chi connectivity index (χ1n) is 19.8. The van der Waals surface area contributed by atoms with Gasteiger partial charge in [-0.15, -0.1) is 11.3 Å². The van der Waals surface area contributed by atoms with Gasteiger partial charge in [-0.1, -0.05) is 140 Å². The van der Waals surface area contributed by atoms with Crippen molar-refractivity contribution in [1.82, 2.24) is 4.98 Å². The molecule has 58 heavy (non-hydrogen) atoms. The number of hydrogen-bond donors (Lipinski definition) is 1. The predicted octanol–water partition coefficient (Wildman–Crippen LogP) is 13.8. The maximum absolute atomic E-state index is 5.31. The zero-order chi connectivity index (χ0) is 39.0. The largest absolute Gasteiger partial charge is 0.379 e. The molecule has 2 aromatic heterocycles. The molecule has 0 fully saturated rings. The average molecular weight is 765 g/mol. The van der Waals surface area contributed by atoms with Crippen LogP contribution in [-0.4, -0.2) is 23.1 Å². The van der Waals surface area contributed by atoms with Gasteiger partial charge in [-0.25, -0.2) is 15.0 Å². The molecule has 3 heterocycles. The molecule has 0 saturated carbocycles. The van der Waals surface area contributed by atoms with E-state index in [2.05, 4.69) is 158 Å². The van der Waals surface area contributed by atoms with Gasteiger partial charge in [0.2, 0.25) is 0 Å². The van der Waals surface area contributed by atoms with Crippen LogP contribution in [0.3, 0.4) is 0 Å². The van der Waals surface area contributed by atoms with Crippen molar-refractivity contribution < 1.29 is 0 Å². The Balaban J connectivity index is 1.11. The molecule has 1 aliphatic carbocycles. The molecule has 10 rings (SSSR count). The SMILES string of the molecule is C=C(/N=C(\N=C(/C)c1ccccc1)c1ccc(-c2ccccc2)cc1)c1cc(-c2ccc3c4c(sc3c2)C=CCC4)cc(-c2ccc3ccc4c(c3n2)NCC=C4)c1. The number of nitrogens with one attached hydrogen (secondary N) is 1. The summed E-state index contributed by atoms with van der Waals surface area (Å²) in [5.74, 6) is 0.603. The van der Waals surface area contributed by atoms with Crippen LogP contribution in [0.25, 0.3) is 72.3 Å². The number of pyridine rings is 1. The van der Waals surface area contributed by atoms with Crippen molar-refractivity contribution >= 4 is 67.4 Å². The number of fused-ring (bicyclic) bond motifs is 6. The van der Waals surface area contributed by atoms with E-state index in [0.717, 1.165) is 97.5 Å². The summed E-state index contributed by atoms with van der Waals surface area (Å²) in [6.45, 7) is 7.42. The minimum absolute atomic E-state index is 0.603. The first-order valence-corrected chi connectivity index (χ1v) is 20.6. The summed E-state index contributed by atoms with van der Waals surface area (Å²) in [4.78, 5) is 17.1. The van der Waals surface area contributed by atoms with Crippen molar-refractivity contribution in [3.8, 4) is 33.5 Å². The zero-order valence-corrected chi connectivity index (χ0v) is 33.1. The molecule has 0 unspecified atom stereocenters. The number of amidine groups is 1. The molecule has 8 aromatic rings. The Morgan fingerprint density at radius 3 is 2.26 bits per heavy atom. The molecular formula is C53H40N4S. The lowest BCUT2D eigenvalue weighted by Crippen LogP contribution is -2.05. The highest BCUT2D eigenvalue weighted by Crippen LogP contribution is 2.40. The number of nitrogens with zero attached hydrogens (tertiary/aromatic N) is 3. The van der Waals surface area contributed by atoms with Gasteiger partial charge in [-0.3, -0.25) is 0 Å². The van der Waals surface area contributed by atoms with Gasteiger partial charge in [-0.2, -0.15) is 0 Å². The number of hydrogen-bond acceptors (Lipinski definition) is 4. The normalized spacial score (nSPS) is 13.7. The molecule has 0 atom stereocenters. The molecule has 278 valence electrons. The van der Waals surface area contributed by atoms with Gasteiger partial charge in [0, 0.05) is 43.9 Å². The molecule has 4 nitrogen and oxygen atoms in total. The summed E-state index contributed by atoms with van der Waals surface area (Å²) in [6, 6.07) is 51.3. The number of allylic oxidation sites excluding steroid dienone is 1. The highest BCUT2D eigenvalue weighted by atomic mass is 32.1. The van der Waals surface area contributed by atoms with Crippen molar-refractivity contribution in [2.24, 2.45) is 9.98 Å². The third-order valence-corrected chi connectivity index (χ3v) is 12.3. The maximum Gasteiger partial charge on any atom is 0.160 e. The van der Waals surface area contributed by atoms with Gasteiger partial charge in [0.25, 0.3) is 0 Å². The molecule has 2 aliphatic rings. The summed E-state index contributed by atoms with van der Waals surface area (Å²) >= 11 is 1.88. The highest BCUT2D eigenvalue weighted by Gasteiger charge is 2.17. The van der Waals surface area contributed by atoms with Crippen molar-refractivity contribution in [1.29, 1.82) is 0 Å². The lowest BCUT2D eigenvalue weighted by Gasteiger charge is -2.16. The van der Waals surface area contributed by atoms with E-state index in [-0.39, 0.29) is 0 Å². The van der Waals surface area contributed by atoms with Crippen LogP contribution in [-0.2, 0) is 6.42 Å². The van der Waals surface area contributed by atoms with Crippen LogP contribution in [0.5, 0.6) is 0 Å². The first-order chi connectivity index (χ1) is 28.5. The van der Waals surface area contributed by atoms with E-state index >= 15 is 0 Å². The van der Waals surface area contributed by atoms with Crippen molar-refractivity contribution in [2.75, 3.05) is 11.9 Å². The van der Waals surface area contributed by atoms with Gasteiger partial charge < -0.3 is 5.32 Å². The number of aromatic nitrogens is 1. The average Bonchev–Trinajstić information content (AvgIpc) is 3.67. The van der Waals surface area contributed by atoms with Crippen LogP contribution < -0.4 is 5.32 Å². The van der Waals surface area contributed by atoms with E-state index in [1.54, 1.807) is 0 Å². The minimum atomic E-state index is 0.603.